The maximum atomic E-state index is 12.4. The summed E-state index contributed by atoms with van der Waals surface area (Å²) >= 11 is 0. The third kappa shape index (κ3) is 15.9. The predicted octanol–water partition coefficient (Wildman–Crippen LogP) is -0.138. The van der Waals surface area contributed by atoms with E-state index in [-0.39, 0.29) is 12.5 Å². The van der Waals surface area contributed by atoms with Crippen molar-refractivity contribution in [2.45, 2.75) is 65.6 Å². The zero-order valence-electron chi connectivity index (χ0n) is 28.1. The van der Waals surface area contributed by atoms with E-state index < -0.39 is 41.3 Å². The molecule has 46 heavy (non-hydrogen) atoms. The molecule has 0 saturated carbocycles. The first kappa shape index (κ1) is 38.3. The second kappa shape index (κ2) is 18.3. The zero-order chi connectivity index (χ0) is 34.3. The number of alkyl carbamates (subject to hydrolysis) is 1. The third-order valence-corrected chi connectivity index (χ3v) is 6.84. The first-order valence-electron chi connectivity index (χ1n) is 15.7. The van der Waals surface area contributed by atoms with Gasteiger partial charge < -0.3 is 40.1 Å². The molecule has 0 aromatic heterocycles. The van der Waals surface area contributed by atoms with Crippen LogP contribution in [0.2, 0.25) is 0 Å². The number of amides is 6. The van der Waals surface area contributed by atoms with Crippen molar-refractivity contribution in [3.05, 3.63) is 0 Å². The topological polar surface area (TPSA) is 191 Å². The van der Waals surface area contributed by atoms with Gasteiger partial charge in [0.05, 0.1) is 0 Å². The van der Waals surface area contributed by atoms with Crippen LogP contribution in [0.15, 0.2) is 0 Å². The minimum absolute atomic E-state index is 0.115. The molecular weight excluding hydrogens is 604 g/mol. The SMILES string of the molecule is CC(C)(C)OC(=O)NCC(=O)N1CCN(CCCNC(=O)C(=O)NCCCN2CCN(C(=O)ONC(=O)OC(C)(C)C)CC2)CC1. The fraction of sp³-hybridized carbons (Fsp3) is 0.793. The maximum Gasteiger partial charge on any atom is 0.441 e. The molecule has 262 valence electrons. The summed E-state index contributed by atoms with van der Waals surface area (Å²) in [5.41, 5.74) is 0.653. The minimum Gasteiger partial charge on any atom is -0.444 e. The number of hydrogen-bond donors (Lipinski definition) is 4. The first-order chi connectivity index (χ1) is 21.5. The Bertz CT molecular complexity index is 962. The molecule has 2 aliphatic heterocycles. The monoisotopic (exact) mass is 656 g/mol. The largest absolute Gasteiger partial charge is 0.444 e. The highest BCUT2D eigenvalue weighted by Crippen LogP contribution is 2.08. The van der Waals surface area contributed by atoms with Crippen molar-refractivity contribution in [2.75, 3.05) is 85.1 Å². The fourth-order valence-corrected chi connectivity index (χ4v) is 4.57. The molecule has 0 aliphatic carbocycles. The lowest BCUT2D eigenvalue weighted by Gasteiger charge is -2.34. The van der Waals surface area contributed by atoms with E-state index in [0.29, 0.717) is 91.4 Å². The quantitative estimate of drug-likeness (QED) is 0.106. The van der Waals surface area contributed by atoms with E-state index in [0.717, 1.165) is 0 Å². The molecule has 17 heteroatoms. The number of carbonyl (C=O) groups is 6. The number of nitrogens with one attached hydrogen (secondary N) is 4. The normalized spacial score (nSPS) is 16.2. The zero-order valence-corrected chi connectivity index (χ0v) is 28.1. The third-order valence-electron chi connectivity index (χ3n) is 6.84. The first-order valence-corrected chi connectivity index (χ1v) is 15.7. The standard InChI is InChI=1S/C29H52N8O9/c1-28(2,3)44-25(41)32-21-22(38)36-17-13-34(14-18-36)11-7-9-30-23(39)24(40)31-10-8-12-35-15-19-37(20-16-35)27(43)46-33-26(42)45-29(4,5)6/h7-21H2,1-6H3,(H,30,39)(H,31,40)(H,32,41)(H,33,42). The van der Waals surface area contributed by atoms with Crippen LogP contribution in [-0.4, -0.2) is 152 Å². The van der Waals surface area contributed by atoms with Crippen LogP contribution in [-0.2, 0) is 28.7 Å². The molecule has 2 fully saturated rings. The Labute approximate surface area is 270 Å². The van der Waals surface area contributed by atoms with Gasteiger partial charge in [0, 0.05) is 65.4 Å². The Kier molecular flexibility index (Phi) is 15.3. The average molecular weight is 657 g/mol. The summed E-state index contributed by atoms with van der Waals surface area (Å²) in [6.07, 6.45) is -0.840. The summed E-state index contributed by atoms with van der Waals surface area (Å²) in [7, 11) is 0. The van der Waals surface area contributed by atoms with Gasteiger partial charge in [-0.25, -0.2) is 14.4 Å². The van der Waals surface area contributed by atoms with Gasteiger partial charge in [0.15, 0.2) is 0 Å². The van der Waals surface area contributed by atoms with Crippen LogP contribution < -0.4 is 21.4 Å². The molecule has 17 nitrogen and oxygen atoms in total. The average Bonchev–Trinajstić information content (AvgIpc) is 2.97. The Morgan fingerprint density at radius 2 is 1.02 bits per heavy atom. The van der Waals surface area contributed by atoms with Crippen LogP contribution in [0.3, 0.4) is 0 Å². The molecule has 2 heterocycles. The molecule has 2 rings (SSSR count). The van der Waals surface area contributed by atoms with E-state index in [1.54, 1.807) is 46.4 Å². The van der Waals surface area contributed by atoms with E-state index in [1.807, 2.05) is 5.48 Å². The number of hydroxylamine groups is 1. The van der Waals surface area contributed by atoms with Crippen LogP contribution in [0.25, 0.3) is 0 Å². The summed E-state index contributed by atoms with van der Waals surface area (Å²) in [5.74, 6) is -1.53. The van der Waals surface area contributed by atoms with E-state index in [4.69, 9.17) is 14.3 Å². The van der Waals surface area contributed by atoms with Gasteiger partial charge in [-0.1, -0.05) is 0 Å². The van der Waals surface area contributed by atoms with E-state index in [9.17, 15) is 28.8 Å². The number of ether oxygens (including phenoxy) is 2. The summed E-state index contributed by atoms with van der Waals surface area (Å²) in [6.45, 7) is 16.8. The molecule has 0 bridgehead atoms. The number of piperazine rings is 2. The fourth-order valence-electron chi connectivity index (χ4n) is 4.57. The molecule has 0 spiro atoms. The lowest BCUT2D eigenvalue weighted by atomic mass is 10.2. The lowest BCUT2D eigenvalue weighted by molar-refractivity contribution is -0.139. The predicted molar refractivity (Wildman–Crippen MR) is 166 cm³/mol. The molecule has 4 N–H and O–H groups in total. The van der Waals surface area contributed by atoms with Crippen molar-refractivity contribution in [3.63, 3.8) is 0 Å². The number of nitrogens with zero attached hydrogens (tertiary/aromatic N) is 4. The summed E-state index contributed by atoms with van der Waals surface area (Å²) in [4.78, 5) is 84.5. The van der Waals surface area contributed by atoms with Crippen molar-refractivity contribution in [2.24, 2.45) is 0 Å². The highest BCUT2D eigenvalue weighted by Gasteiger charge is 2.25. The maximum absolute atomic E-state index is 12.4. The Hall–Kier alpha value is -3.86. The van der Waals surface area contributed by atoms with Crippen LogP contribution >= 0.6 is 0 Å². The molecule has 2 saturated heterocycles. The van der Waals surface area contributed by atoms with E-state index >= 15 is 0 Å². The minimum atomic E-state index is -0.843. The molecule has 6 amide bonds. The van der Waals surface area contributed by atoms with Crippen molar-refractivity contribution in [1.29, 1.82) is 0 Å². The molecule has 0 aromatic rings. The van der Waals surface area contributed by atoms with Crippen molar-refractivity contribution < 1.29 is 43.1 Å². The molecule has 0 aromatic carbocycles. The van der Waals surface area contributed by atoms with Crippen molar-refractivity contribution in [1.82, 2.24) is 41.0 Å². The van der Waals surface area contributed by atoms with Gasteiger partial charge in [0.2, 0.25) is 5.91 Å². The summed E-state index contributed by atoms with van der Waals surface area (Å²) < 4.78 is 10.2. The summed E-state index contributed by atoms with van der Waals surface area (Å²) in [5, 5.41) is 7.75. The summed E-state index contributed by atoms with van der Waals surface area (Å²) in [6, 6.07) is 0. The van der Waals surface area contributed by atoms with Gasteiger partial charge in [-0.3, -0.25) is 24.2 Å². The Morgan fingerprint density at radius 1 is 0.587 bits per heavy atom. The van der Waals surface area contributed by atoms with E-state index in [2.05, 4.69) is 25.8 Å². The van der Waals surface area contributed by atoms with Crippen LogP contribution in [0.1, 0.15) is 54.4 Å². The highest BCUT2D eigenvalue weighted by molar-refractivity contribution is 6.35. The molecule has 0 radical (unpaired) electrons. The Balaban J connectivity index is 1.48. The van der Waals surface area contributed by atoms with Crippen LogP contribution in [0.5, 0.6) is 0 Å². The number of carbonyl (C=O) groups excluding carboxylic acids is 6. The number of hydrogen-bond acceptors (Lipinski definition) is 11. The van der Waals surface area contributed by atoms with E-state index in [1.165, 1.54) is 4.90 Å². The molecule has 2 aliphatic rings. The van der Waals surface area contributed by atoms with Gasteiger partial charge in [-0.2, -0.15) is 0 Å². The van der Waals surface area contributed by atoms with Gasteiger partial charge >= 0.3 is 30.1 Å². The van der Waals surface area contributed by atoms with Gasteiger partial charge in [0.1, 0.15) is 17.7 Å². The van der Waals surface area contributed by atoms with Crippen LogP contribution in [0.4, 0.5) is 14.4 Å². The molecule has 0 atom stereocenters. The van der Waals surface area contributed by atoms with Gasteiger partial charge in [-0.05, 0) is 67.5 Å². The number of rotatable bonds is 10. The smallest absolute Gasteiger partial charge is 0.441 e. The van der Waals surface area contributed by atoms with Crippen molar-refractivity contribution >= 4 is 36.0 Å². The lowest BCUT2D eigenvalue weighted by Crippen LogP contribution is -2.51. The second-order valence-corrected chi connectivity index (χ2v) is 13.1. The van der Waals surface area contributed by atoms with Crippen molar-refractivity contribution in [3.8, 4) is 0 Å². The molecular formula is C29H52N8O9. The highest BCUT2D eigenvalue weighted by atomic mass is 16.7. The van der Waals surface area contributed by atoms with Gasteiger partial charge in [0.25, 0.3) is 0 Å². The Morgan fingerprint density at radius 3 is 1.48 bits per heavy atom. The molecule has 0 unspecified atom stereocenters. The van der Waals surface area contributed by atoms with Gasteiger partial charge in [-0.15, -0.1) is 5.48 Å². The second-order valence-electron chi connectivity index (χ2n) is 13.1. The van der Waals surface area contributed by atoms with Crippen LogP contribution in [0, 0.1) is 0 Å².